The van der Waals surface area contributed by atoms with Crippen LogP contribution >= 0.6 is 0 Å². The number of carbonyl (C=O) groups excluding carboxylic acids is 2. The molecule has 0 bridgehead atoms. The van der Waals surface area contributed by atoms with Crippen molar-refractivity contribution >= 4 is 17.8 Å². The molecule has 3 fully saturated rings. The van der Waals surface area contributed by atoms with Crippen LogP contribution in [-0.2, 0) is 42.8 Å². The normalized spacial score (nSPS) is 27.3. The Morgan fingerprint density at radius 2 is 0.949 bits per heavy atom. The quantitative estimate of drug-likeness (QED) is 0.0199. The molecular weight excluding hydrogens is 1260 g/mol. The van der Waals surface area contributed by atoms with E-state index < -0.39 is 148 Å². The smallest absolute Gasteiger partial charge is 0.364 e. The van der Waals surface area contributed by atoms with Gasteiger partial charge >= 0.3 is 5.97 Å². The number of unbranched alkanes of at least 4 members (excludes halogenated alkanes) is 39. The topological polar surface area (TPSA) is 373 Å². The van der Waals surface area contributed by atoms with Crippen LogP contribution in [-0.4, -0.2) is 215 Å². The second kappa shape index (κ2) is 55.0. The van der Waals surface area contributed by atoms with Gasteiger partial charge < -0.3 is 100 Å². The van der Waals surface area contributed by atoms with Crippen LogP contribution in [0.4, 0.5) is 0 Å². The molecule has 23 heteroatoms. The fourth-order valence-corrected chi connectivity index (χ4v) is 13.8. The fraction of sp³-hybridized carbons (Fsp3) is 0.933. The molecule has 3 heterocycles. The Bertz CT molecular complexity index is 2010. The molecule has 0 aromatic heterocycles. The zero-order valence-corrected chi connectivity index (χ0v) is 60.7. The number of aliphatic hydroxyl groups excluding tert-OH is 11. The maximum absolute atomic E-state index is 13.5. The molecule has 14 N–H and O–H groups in total. The fourth-order valence-electron chi connectivity index (χ4n) is 13.8. The standard InChI is InChI=1S/C75H140N2O21/c1-4-6-8-10-12-14-16-18-19-20-21-22-23-24-25-26-27-28-29-30-31-32-33-34-35-36-37-39-41-43-45-47-49-62(85)77-56(57(82)48-46-44-42-40-38-17-15-13-11-9-7-5-2)54-93-72-67(89)66(88)69(61(53-80)95-72)96-73-68(90)71(65(87)60(52-79)94-73)98-75(74(91)92)50-58(83)63(76-55(3)81)70(97-75)64(86)59(84)51-78/h24-25,56-61,63-73,78-80,82-84,86-90H,4-23,26-54H2,1-3H3,(H,76,81)(H,77,85)(H,91,92)/b25-24-. The molecule has 18 unspecified atom stereocenters. The summed E-state index contributed by atoms with van der Waals surface area (Å²) >= 11 is 0. The van der Waals surface area contributed by atoms with E-state index in [9.17, 15) is 75.7 Å². The van der Waals surface area contributed by atoms with Crippen molar-refractivity contribution in [2.45, 2.75) is 420 Å². The highest BCUT2D eigenvalue weighted by molar-refractivity contribution is 5.77. The summed E-state index contributed by atoms with van der Waals surface area (Å²) in [7, 11) is 0. The number of ether oxygens (including phenoxy) is 6. The molecule has 0 radical (unpaired) electrons. The van der Waals surface area contributed by atoms with Gasteiger partial charge in [0.05, 0.1) is 50.7 Å². The Balaban J connectivity index is 1.45. The van der Waals surface area contributed by atoms with Crippen LogP contribution in [0.25, 0.3) is 0 Å². The number of hydrogen-bond acceptors (Lipinski definition) is 20. The number of hydrogen-bond donors (Lipinski definition) is 14. The first-order chi connectivity index (χ1) is 47.4. The number of aliphatic hydroxyl groups is 11. The largest absolute Gasteiger partial charge is 0.477 e. The summed E-state index contributed by atoms with van der Waals surface area (Å²) < 4.78 is 34.9. The summed E-state index contributed by atoms with van der Waals surface area (Å²) in [6, 6.07) is -2.53. The third kappa shape index (κ3) is 35.8. The van der Waals surface area contributed by atoms with Crippen LogP contribution in [0, 0.1) is 0 Å². The van der Waals surface area contributed by atoms with Crippen LogP contribution < -0.4 is 10.6 Å². The number of rotatable bonds is 61. The van der Waals surface area contributed by atoms with Crippen LogP contribution in [0.3, 0.4) is 0 Å². The minimum Gasteiger partial charge on any atom is -0.477 e. The van der Waals surface area contributed by atoms with Crippen molar-refractivity contribution in [1.29, 1.82) is 0 Å². The Morgan fingerprint density at radius 1 is 0.520 bits per heavy atom. The Hall–Kier alpha value is -2.53. The number of carbonyl (C=O) groups is 3. The van der Waals surface area contributed by atoms with Gasteiger partial charge in [-0.3, -0.25) is 9.59 Å². The highest BCUT2D eigenvalue weighted by Gasteiger charge is 2.60. The lowest BCUT2D eigenvalue weighted by Gasteiger charge is -2.50. The lowest BCUT2D eigenvalue weighted by molar-refractivity contribution is -0.386. The predicted octanol–water partition coefficient (Wildman–Crippen LogP) is 9.41. The van der Waals surface area contributed by atoms with Crippen molar-refractivity contribution in [2.75, 3.05) is 26.4 Å². The number of allylic oxidation sites excluding steroid dienone is 2. The Labute approximate surface area is 588 Å². The van der Waals surface area contributed by atoms with Gasteiger partial charge in [0, 0.05) is 19.8 Å². The molecule has 3 saturated heterocycles. The summed E-state index contributed by atoms with van der Waals surface area (Å²) in [4.78, 5) is 38.6. The van der Waals surface area contributed by atoms with Gasteiger partial charge in [0.15, 0.2) is 12.6 Å². The van der Waals surface area contributed by atoms with E-state index in [0.29, 0.717) is 19.3 Å². The van der Waals surface area contributed by atoms with E-state index in [4.69, 9.17) is 28.4 Å². The molecule has 0 aromatic rings. The number of carboxylic acid groups (broad SMARTS) is 1. The number of aliphatic carboxylic acids is 1. The summed E-state index contributed by atoms with van der Waals surface area (Å²) in [6.07, 6.45) is 28.1. The Morgan fingerprint density at radius 3 is 1.38 bits per heavy atom. The minimum atomic E-state index is -3.08. The average Bonchev–Trinajstić information content (AvgIpc) is 0.756. The molecule has 0 aliphatic carbocycles. The minimum absolute atomic E-state index is 0.227. The third-order valence-electron chi connectivity index (χ3n) is 20.0. The van der Waals surface area contributed by atoms with Crippen LogP contribution in [0.5, 0.6) is 0 Å². The van der Waals surface area contributed by atoms with E-state index in [1.54, 1.807) is 0 Å². The second-order valence-corrected chi connectivity index (χ2v) is 28.6. The summed E-state index contributed by atoms with van der Waals surface area (Å²) in [5.74, 6) is -6.09. The highest BCUT2D eigenvalue weighted by atomic mass is 16.8. The number of amides is 2. The van der Waals surface area contributed by atoms with Crippen molar-refractivity contribution in [3.8, 4) is 0 Å². The van der Waals surface area contributed by atoms with E-state index >= 15 is 0 Å². The zero-order chi connectivity index (χ0) is 71.8. The third-order valence-corrected chi connectivity index (χ3v) is 20.0. The first-order valence-corrected chi connectivity index (χ1v) is 39.0. The van der Waals surface area contributed by atoms with Crippen molar-refractivity contribution in [3.05, 3.63) is 12.2 Å². The molecule has 3 rings (SSSR count). The lowest BCUT2D eigenvalue weighted by Crippen LogP contribution is -2.70. The summed E-state index contributed by atoms with van der Waals surface area (Å²) in [6.45, 7) is 2.22. The Kier molecular flexibility index (Phi) is 50.4. The van der Waals surface area contributed by atoms with Crippen LogP contribution in [0.1, 0.15) is 310 Å². The van der Waals surface area contributed by atoms with Crippen LogP contribution in [0.15, 0.2) is 12.2 Å². The van der Waals surface area contributed by atoms with Gasteiger partial charge in [-0.1, -0.05) is 264 Å². The maximum atomic E-state index is 13.5. The van der Waals surface area contributed by atoms with Crippen molar-refractivity contribution in [2.24, 2.45) is 0 Å². The van der Waals surface area contributed by atoms with Crippen molar-refractivity contribution in [3.63, 3.8) is 0 Å². The molecule has 0 spiro atoms. The molecule has 98 heavy (non-hydrogen) atoms. The average molecular weight is 1410 g/mol. The van der Waals surface area contributed by atoms with E-state index in [1.165, 1.54) is 205 Å². The van der Waals surface area contributed by atoms with E-state index in [-0.39, 0.29) is 18.9 Å². The van der Waals surface area contributed by atoms with Gasteiger partial charge in [-0.05, 0) is 38.5 Å². The SMILES string of the molecule is CCCCCCCCCCCCCC/C=C\CCCCCCCCCCCCCCCCCCC(=O)NC(COC1OC(CO)C(OC2OC(CO)C(O)C(OC3(C(=O)O)CC(O)C(NC(C)=O)C(C(O)C(O)CO)O3)C2O)C(O)C1O)C(O)CCCCCCCCCCCCCC. The second-order valence-electron chi connectivity index (χ2n) is 28.6. The van der Waals surface area contributed by atoms with Gasteiger partial charge in [0.25, 0.3) is 5.79 Å². The monoisotopic (exact) mass is 1400 g/mol. The first-order valence-electron chi connectivity index (χ1n) is 39.0. The molecule has 0 aromatic carbocycles. The lowest BCUT2D eigenvalue weighted by atomic mass is 9.88. The molecule has 23 nitrogen and oxygen atoms in total. The van der Waals surface area contributed by atoms with Gasteiger partial charge in [0.1, 0.15) is 67.1 Å². The van der Waals surface area contributed by atoms with E-state index in [1.807, 2.05) is 0 Å². The zero-order valence-electron chi connectivity index (χ0n) is 60.7. The number of carboxylic acids is 1. The highest BCUT2D eigenvalue weighted by Crippen LogP contribution is 2.39. The predicted molar refractivity (Wildman–Crippen MR) is 375 cm³/mol. The van der Waals surface area contributed by atoms with Crippen molar-refractivity contribution in [1.82, 2.24) is 10.6 Å². The molecule has 3 aliphatic rings. The van der Waals surface area contributed by atoms with Gasteiger partial charge in [-0.25, -0.2) is 4.79 Å². The van der Waals surface area contributed by atoms with E-state index in [2.05, 4.69) is 36.6 Å². The number of nitrogens with one attached hydrogen (secondary N) is 2. The van der Waals surface area contributed by atoms with E-state index in [0.717, 1.165) is 58.3 Å². The molecular formula is C75H140N2O21. The van der Waals surface area contributed by atoms with Crippen molar-refractivity contribution < 1.29 is 104 Å². The summed E-state index contributed by atoms with van der Waals surface area (Å²) in [5.41, 5.74) is 0. The van der Waals surface area contributed by atoms with Gasteiger partial charge in [0.2, 0.25) is 11.8 Å². The maximum Gasteiger partial charge on any atom is 0.364 e. The molecule has 0 saturated carbocycles. The first kappa shape index (κ1) is 89.7. The molecule has 18 atom stereocenters. The molecule has 2 amide bonds. The molecule has 576 valence electrons. The van der Waals surface area contributed by atoms with Crippen LogP contribution in [0.2, 0.25) is 0 Å². The van der Waals surface area contributed by atoms with Gasteiger partial charge in [-0.15, -0.1) is 0 Å². The summed E-state index contributed by atoms with van der Waals surface area (Å²) in [5, 5.41) is 136. The molecule has 3 aliphatic heterocycles. The van der Waals surface area contributed by atoms with Gasteiger partial charge in [-0.2, -0.15) is 0 Å².